The topological polar surface area (TPSA) is 53.7 Å². The zero-order valence-electron chi connectivity index (χ0n) is 11.9. The van der Waals surface area contributed by atoms with Gasteiger partial charge in [-0.25, -0.2) is 0 Å². The van der Waals surface area contributed by atoms with Crippen LogP contribution in [0.1, 0.15) is 27.4 Å². The summed E-state index contributed by atoms with van der Waals surface area (Å²) in [4.78, 5) is 13.4. The van der Waals surface area contributed by atoms with E-state index in [0.717, 1.165) is 11.0 Å². The Bertz CT molecular complexity index is 692. The summed E-state index contributed by atoms with van der Waals surface area (Å²) in [5.41, 5.74) is 0.0808. The summed E-state index contributed by atoms with van der Waals surface area (Å²) in [5, 5.41) is 9.37. The first-order valence-corrected chi connectivity index (χ1v) is 6.39. The Kier molecular flexibility index (Phi) is 4.16. The van der Waals surface area contributed by atoms with E-state index in [4.69, 9.17) is 0 Å². The maximum atomic E-state index is 12.9. The number of aryl methyl sites for hydroxylation is 1. The number of benzene rings is 1. The lowest BCUT2D eigenvalue weighted by Crippen LogP contribution is -2.27. The van der Waals surface area contributed by atoms with Gasteiger partial charge in [-0.2, -0.15) is 13.2 Å². The number of phenols is 1. The number of phenolic OH excluding ortho intramolecular Hbond substituents is 1. The van der Waals surface area contributed by atoms with Crippen LogP contribution in [-0.4, -0.2) is 23.0 Å². The number of alkyl halides is 3. The maximum absolute atomic E-state index is 12.9. The van der Waals surface area contributed by atoms with Gasteiger partial charge in [-0.3, -0.25) is 4.79 Å². The van der Waals surface area contributed by atoms with Crippen molar-refractivity contribution in [1.29, 1.82) is 0 Å². The number of furan rings is 1. The average molecular weight is 313 g/mol. The summed E-state index contributed by atoms with van der Waals surface area (Å²) in [6.45, 7) is 1.41. The number of carbonyl (C=O) groups is 1. The Balaban J connectivity index is 2.25. The van der Waals surface area contributed by atoms with Crippen molar-refractivity contribution in [3.63, 3.8) is 0 Å². The van der Waals surface area contributed by atoms with E-state index in [1.54, 1.807) is 12.1 Å². The van der Waals surface area contributed by atoms with Gasteiger partial charge in [0.25, 0.3) is 5.91 Å². The number of nitrogens with zero attached hydrogens (tertiary/aromatic N) is 1. The number of carbonyl (C=O) groups excluding carboxylic acids is 1. The number of aromatic hydroxyl groups is 1. The Morgan fingerprint density at radius 3 is 2.59 bits per heavy atom. The molecule has 0 unspecified atom stereocenters. The van der Waals surface area contributed by atoms with Gasteiger partial charge in [0.05, 0.1) is 5.56 Å². The highest BCUT2D eigenvalue weighted by molar-refractivity contribution is 5.95. The molecule has 1 aromatic carbocycles. The molecule has 0 fully saturated rings. The highest BCUT2D eigenvalue weighted by Gasteiger charge is 2.40. The summed E-state index contributed by atoms with van der Waals surface area (Å²) in [7, 11) is 1.38. The van der Waals surface area contributed by atoms with Gasteiger partial charge in [-0.1, -0.05) is 12.1 Å². The Labute approximate surface area is 124 Å². The van der Waals surface area contributed by atoms with Crippen LogP contribution in [0.3, 0.4) is 0 Å². The molecule has 0 saturated heterocycles. The zero-order valence-corrected chi connectivity index (χ0v) is 11.9. The molecule has 7 heteroatoms. The molecule has 2 rings (SSSR count). The molecule has 0 radical (unpaired) electrons. The third-order valence-corrected chi connectivity index (χ3v) is 3.02. The number of hydrogen-bond donors (Lipinski definition) is 1. The summed E-state index contributed by atoms with van der Waals surface area (Å²) in [6.07, 6.45) is -4.73. The molecule has 1 amide bonds. The van der Waals surface area contributed by atoms with Crippen molar-refractivity contribution in [2.45, 2.75) is 19.6 Å². The summed E-state index contributed by atoms with van der Waals surface area (Å²) in [6, 6.07) is 7.23. The second-order valence-corrected chi connectivity index (χ2v) is 4.93. The predicted octanol–water partition coefficient (Wildman–Crippen LogP) is 3.58. The lowest BCUT2D eigenvalue weighted by atomic mass is 10.1. The molecule has 1 N–H and O–H groups in total. The van der Waals surface area contributed by atoms with Crippen LogP contribution in [0.15, 0.2) is 34.7 Å². The molecule has 0 bridgehead atoms. The molecule has 0 aliphatic carbocycles. The highest BCUT2D eigenvalue weighted by atomic mass is 19.4. The predicted molar refractivity (Wildman–Crippen MR) is 72.4 cm³/mol. The van der Waals surface area contributed by atoms with E-state index in [2.05, 4.69) is 4.42 Å². The Hall–Kier alpha value is -2.44. The second-order valence-electron chi connectivity index (χ2n) is 4.93. The average Bonchev–Trinajstić information content (AvgIpc) is 2.80. The number of amides is 1. The zero-order chi connectivity index (χ0) is 16.5. The first kappa shape index (κ1) is 15.9. The van der Waals surface area contributed by atoms with Gasteiger partial charge in [-0.05, 0) is 30.7 Å². The van der Waals surface area contributed by atoms with Crippen molar-refractivity contribution in [3.8, 4) is 5.75 Å². The molecular weight excluding hydrogens is 299 g/mol. The van der Waals surface area contributed by atoms with Gasteiger partial charge in [0.1, 0.15) is 11.5 Å². The van der Waals surface area contributed by atoms with Crippen LogP contribution in [0, 0.1) is 6.92 Å². The van der Waals surface area contributed by atoms with Gasteiger partial charge >= 0.3 is 6.18 Å². The molecule has 118 valence electrons. The highest BCUT2D eigenvalue weighted by Crippen LogP contribution is 2.34. The summed E-state index contributed by atoms with van der Waals surface area (Å²) >= 11 is 0. The fourth-order valence-electron chi connectivity index (χ4n) is 2.09. The van der Waals surface area contributed by atoms with Gasteiger partial charge in [0.15, 0.2) is 0 Å². The van der Waals surface area contributed by atoms with Crippen molar-refractivity contribution >= 4 is 5.91 Å². The minimum absolute atomic E-state index is 0.0152. The second kappa shape index (κ2) is 5.75. The van der Waals surface area contributed by atoms with Crippen LogP contribution in [0.2, 0.25) is 0 Å². The van der Waals surface area contributed by atoms with Crippen molar-refractivity contribution < 1.29 is 27.5 Å². The van der Waals surface area contributed by atoms with E-state index in [0.29, 0.717) is 5.56 Å². The molecule has 2 aromatic rings. The van der Waals surface area contributed by atoms with Gasteiger partial charge in [-0.15, -0.1) is 0 Å². The Morgan fingerprint density at radius 1 is 1.32 bits per heavy atom. The molecular formula is C15H14F3NO3. The minimum atomic E-state index is -4.73. The molecule has 0 spiro atoms. The largest absolute Gasteiger partial charge is 0.508 e. The van der Waals surface area contributed by atoms with Crippen molar-refractivity contribution in [2.24, 2.45) is 0 Å². The van der Waals surface area contributed by atoms with Crippen LogP contribution in [-0.2, 0) is 12.7 Å². The fourth-order valence-corrected chi connectivity index (χ4v) is 2.09. The van der Waals surface area contributed by atoms with Crippen molar-refractivity contribution in [2.75, 3.05) is 7.05 Å². The third-order valence-electron chi connectivity index (χ3n) is 3.02. The SMILES string of the molecule is Cc1cc(C(=O)N(C)Cc2cccc(O)c2)c(C(F)(F)F)o1. The van der Waals surface area contributed by atoms with Gasteiger partial charge in [0.2, 0.25) is 5.76 Å². The smallest absolute Gasteiger partial charge is 0.450 e. The van der Waals surface area contributed by atoms with E-state index < -0.39 is 23.4 Å². The summed E-state index contributed by atoms with van der Waals surface area (Å²) < 4.78 is 43.2. The molecule has 1 heterocycles. The molecule has 22 heavy (non-hydrogen) atoms. The number of halogens is 3. The first-order valence-electron chi connectivity index (χ1n) is 6.39. The van der Waals surface area contributed by atoms with Gasteiger partial charge < -0.3 is 14.4 Å². The normalized spacial score (nSPS) is 11.5. The number of hydrogen-bond acceptors (Lipinski definition) is 3. The standard InChI is InChI=1S/C15H14F3NO3/c1-9-6-12(13(22-9)15(16,17)18)14(21)19(2)8-10-4-3-5-11(20)7-10/h3-7,20H,8H2,1-2H3. The van der Waals surface area contributed by atoms with Crippen molar-refractivity contribution in [1.82, 2.24) is 4.90 Å². The molecule has 0 aliphatic heterocycles. The quantitative estimate of drug-likeness (QED) is 0.942. The van der Waals surface area contributed by atoms with Gasteiger partial charge in [0, 0.05) is 13.6 Å². The maximum Gasteiger partial charge on any atom is 0.450 e. The third kappa shape index (κ3) is 3.41. The fraction of sp³-hybridized carbons (Fsp3) is 0.267. The van der Waals surface area contributed by atoms with Crippen molar-refractivity contribution in [3.05, 3.63) is 53.0 Å². The molecule has 1 aromatic heterocycles. The summed E-state index contributed by atoms with van der Waals surface area (Å²) in [5.74, 6) is -2.06. The molecule has 0 aliphatic rings. The minimum Gasteiger partial charge on any atom is -0.508 e. The van der Waals surface area contributed by atoms with Crippen LogP contribution in [0.25, 0.3) is 0 Å². The lowest BCUT2D eigenvalue weighted by molar-refractivity contribution is -0.153. The van der Waals surface area contributed by atoms with Crippen LogP contribution in [0.4, 0.5) is 13.2 Å². The van der Waals surface area contributed by atoms with Crippen LogP contribution < -0.4 is 0 Å². The molecule has 0 saturated carbocycles. The lowest BCUT2D eigenvalue weighted by Gasteiger charge is -2.17. The van der Waals surface area contributed by atoms with Crippen LogP contribution in [0.5, 0.6) is 5.75 Å². The monoisotopic (exact) mass is 313 g/mol. The molecule has 0 atom stereocenters. The Morgan fingerprint density at radius 2 is 2.00 bits per heavy atom. The number of rotatable bonds is 3. The van der Waals surface area contributed by atoms with E-state index in [-0.39, 0.29) is 18.1 Å². The van der Waals surface area contributed by atoms with E-state index in [9.17, 15) is 23.1 Å². The first-order chi connectivity index (χ1) is 10.2. The van der Waals surface area contributed by atoms with Crippen LogP contribution >= 0.6 is 0 Å². The molecule has 4 nitrogen and oxygen atoms in total. The van der Waals surface area contributed by atoms with E-state index in [1.807, 2.05) is 0 Å². The van der Waals surface area contributed by atoms with E-state index in [1.165, 1.54) is 26.1 Å². The van der Waals surface area contributed by atoms with E-state index >= 15 is 0 Å².